The van der Waals surface area contributed by atoms with E-state index in [0.717, 1.165) is 17.8 Å². The number of carbonyl (C=O) groups excluding carboxylic acids is 2. The third-order valence-electron chi connectivity index (χ3n) is 4.06. The molecule has 1 N–H and O–H groups in total. The Bertz CT molecular complexity index is 637. The van der Waals surface area contributed by atoms with Gasteiger partial charge in [0.25, 0.3) is 0 Å². The summed E-state index contributed by atoms with van der Waals surface area (Å²) < 4.78 is 0. The molecule has 0 spiro atoms. The molecule has 0 saturated heterocycles. The van der Waals surface area contributed by atoms with E-state index in [2.05, 4.69) is 11.9 Å². The molecule has 5 nitrogen and oxygen atoms in total. The van der Waals surface area contributed by atoms with Gasteiger partial charge in [0.1, 0.15) is 5.54 Å². The quantitative estimate of drug-likeness (QED) is 0.850. The van der Waals surface area contributed by atoms with Crippen molar-refractivity contribution < 1.29 is 9.59 Å². The van der Waals surface area contributed by atoms with Crippen molar-refractivity contribution in [2.45, 2.75) is 33.2 Å². The van der Waals surface area contributed by atoms with Gasteiger partial charge in [-0.05, 0) is 39.4 Å². The molecule has 0 unspecified atom stereocenters. The molecule has 124 valence electrons. The second-order valence-corrected chi connectivity index (χ2v) is 6.52. The molecule has 1 heterocycles. The molecular formula is C18H25N3O2. The normalized spacial score (nSPS) is 16.0. The highest BCUT2D eigenvalue weighted by Gasteiger charge is 2.43. The topological polar surface area (TPSA) is 52.7 Å². The zero-order valence-corrected chi connectivity index (χ0v) is 14.3. The van der Waals surface area contributed by atoms with Crippen LogP contribution in [0, 0.1) is 0 Å². The molecule has 0 aliphatic carbocycles. The second kappa shape index (κ2) is 6.54. The molecular weight excluding hydrogens is 290 g/mol. The number of amides is 2. The number of rotatable bonds is 5. The summed E-state index contributed by atoms with van der Waals surface area (Å²) in [6.45, 7) is 13.1. The van der Waals surface area contributed by atoms with Gasteiger partial charge in [0.05, 0.1) is 17.9 Å². The Morgan fingerprint density at radius 1 is 1.30 bits per heavy atom. The van der Waals surface area contributed by atoms with Crippen LogP contribution in [0.2, 0.25) is 0 Å². The molecule has 0 bridgehead atoms. The van der Waals surface area contributed by atoms with Gasteiger partial charge in [0.2, 0.25) is 11.8 Å². The number of fused-ring (bicyclic) bond motifs is 1. The van der Waals surface area contributed by atoms with Crippen molar-refractivity contribution in [3.05, 3.63) is 36.4 Å². The van der Waals surface area contributed by atoms with Crippen LogP contribution in [-0.4, -0.2) is 41.9 Å². The van der Waals surface area contributed by atoms with Crippen LogP contribution in [-0.2, 0) is 9.59 Å². The molecule has 2 rings (SSSR count). The molecule has 0 fully saturated rings. The van der Waals surface area contributed by atoms with E-state index in [1.165, 1.54) is 0 Å². The molecule has 1 aromatic rings. The van der Waals surface area contributed by atoms with E-state index in [0.29, 0.717) is 12.2 Å². The fraction of sp³-hybridized carbons (Fsp3) is 0.444. The summed E-state index contributed by atoms with van der Waals surface area (Å²) in [6.07, 6.45) is 0. The lowest BCUT2D eigenvalue weighted by Gasteiger charge is -2.42. The van der Waals surface area contributed by atoms with E-state index in [1.54, 1.807) is 18.7 Å². The smallest absolute Gasteiger partial charge is 0.250 e. The van der Waals surface area contributed by atoms with Crippen LogP contribution in [0.3, 0.4) is 0 Å². The van der Waals surface area contributed by atoms with Crippen LogP contribution in [0.1, 0.15) is 27.7 Å². The summed E-state index contributed by atoms with van der Waals surface area (Å²) >= 11 is 0. The lowest BCUT2D eigenvalue weighted by molar-refractivity contribution is -0.127. The second-order valence-electron chi connectivity index (χ2n) is 6.52. The minimum Gasteiger partial charge on any atom is -0.322 e. The van der Waals surface area contributed by atoms with Gasteiger partial charge in [-0.15, -0.1) is 0 Å². The van der Waals surface area contributed by atoms with E-state index in [4.69, 9.17) is 0 Å². The molecule has 0 aromatic heterocycles. The Balaban J connectivity index is 2.33. The Hall–Kier alpha value is -2.14. The van der Waals surface area contributed by atoms with Crippen molar-refractivity contribution in [1.82, 2.24) is 4.90 Å². The lowest BCUT2D eigenvalue weighted by Crippen LogP contribution is -2.60. The predicted molar refractivity (Wildman–Crippen MR) is 93.6 cm³/mol. The predicted octanol–water partition coefficient (Wildman–Crippen LogP) is 2.65. The summed E-state index contributed by atoms with van der Waals surface area (Å²) in [5.74, 6) is -0.257. The minimum absolute atomic E-state index is 0.0830. The number of para-hydroxylation sites is 2. The zero-order chi connectivity index (χ0) is 17.2. The Morgan fingerprint density at radius 2 is 1.96 bits per heavy atom. The van der Waals surface area contributed by atoms with Crippen molar-refractivity contribution in [2.75, 3.05) is 29.9 Å². The Labute approximate surface area is 138 Å². The summed E-state index contributed by atoms with van der Waals surface area (Å²) in [5.41, 5.74) is 1.51. The van der Waals surface area contributed by atoms with E-state index >= 15 is 0 Å². The molecule has 0 atom stereocenters. The number of anilines is 2. The first kappa shape index (κ1) is 17.2. The molecule has 0 saturated carbocycles. The number of benzene rings is 1. The van der Waals surface area contributed by atoms with Crippen LogP contribution in [0.25, 0.3) is 0 Å². The van der Waals surface area contributed by atoms with Gasteiger partial charge in [0, 0.05) is 6.54 Å². The van der Waals surface area contributed by atoms with Crippen LogP contribution >= 0.6 is 0 Å². The van der Waals surface area contributed by atoms with Crippen LogP contribution in [0.5, 0.6) is 0 Å². The highest BCUT2D eigenvalue weighted by molar-refractivity contribution is 6.14. The lowest BCUT2D eigenvalue weighted by atomic mass is 9.96. The van der Waals surface area contributed by atoms with E-state index < -0.39 is 5.54 Å². The van der Waals surface area contributed by atoms with E-state index in [-0.39, 0.29) is 18.4 Å². The van der Waals surface area contributed by atoms with Gasteiger partial charge < -0.3 is 5.32 Å². The molecule has 0 radical (unpaired) electrons. The van der Waals surface area contributed by atoms with Gasteiger partial charge in [-0.2, -0.15) is 0 Å². The fourth-order valence-electron chi connectivity index (χ4n) is 2.82. The highest BCUT2D eigenvalue weighted by atomic mass is 16.2. The molecule has 1 aromatic carbocycles. The first-order valence-corrected chi connectivity index (χ1v) is 7.87. The Morgan fingerprint density at radius 3 is 2.57 bits per heavy atom. The van der Waals surface area contributed by atoms with Gasteiger partial charge >= 0.3 is 0 Å². The van der Waals surface area contributed by atoms with Crippen LogP contribution in [0.15, 0.2) is 36.4 Å². The largest absolute Gasteiger partial charge is 0.322 e. The minimum atomic E-state index is -0.923. The molecule has 1 aliphatic heterocycles. The van der Waals surface area contributed by atoms with Gasteiger partial charge in [-0.3, -0.25) is 19.4 Å². The number of hydrogen-bond acceptors (Lipinski definition) is 3. The molecule has 1 aliphatic rings. The summed E-state index contributed by atoms with van der Waals surface area (Å²) in [6, 6.07) is 7.40. The number of nitrogens with one attached hydrogen (secondary N) is 1. The Kier molecular flexibility index (Phi) is 4.90. The van der Waals surface area contributed by atoms with Gasteiger partial charge in [-0.1, -0.05) is 31.2 Å². The number of likely N-dealkylation sites (N-methyl/N-ethyl adjacent to an activating group) is 1. The highest BCUT2D eigenvalue weighted by Crippen LogP contribution is 2.36. The number of nitrogens with zero attached hydrogens (tertiary/aromatic N) is 2. The summed E-state index contributed by atoms with van der Waals surface area (Å²) in [5, 5.41) is 2.87. The summed E-state index contributed by atoms with van der Waals surface area (Å²) in [7, 11) is 0. The molecule has 23 heavy (non-hydrogen) atoms. The SMILES string of the molecule is C=C(C)CN(CC)CC(=O)N1c2ccccc2NC(=O)C1(C)C. The van der Waals surface area contributed by atoms with Crippen molar-refractivity contribution in [3.8, 4) is 0 Å². The maximum absolute atomic E-state index is 12.9. The first-order valence-electron chi connectivity index (χ1n) is 7.87. The van der Waals surface area contributed by atoms with Crippen molar-refractivity contribution >= 4 is 23.2 Å². The zero-order valence-electron chi connectivity index (χ0n) is 14.3. The third kappa shape index (κ3) is 3.45. The molecule has 2 amide bonds. The van der Waals surface area contributed by atoms with Crippen LogP contribution < -0.4 is 10.2 Å². The third-order valence-corrected chi connectivity index (χ3v) is 4.06. The average Bonchev–Trinajstić information content (AvgIpc) is 2.46. The van der Waals surface area contributed by atoms with E-state index in [9.17, 15) is 9.59 Å². The number of hydrogen-bond donors (Lipinski definition) is 1. The molecule has 5 heteroatoms. The van der Waals surface area contributed by atoms with Crippen molar-refractivity contribution in [3.63, 3.8) is 0 Å². The monoisotopic (exact) mass is 315 g/mol. The first-order chi connectivity index (χ1) is 10.8. The number of carbonyl (C=O) groups is 2. The maximum Gasteiger partial charge on any atom is 0.250 e. The summed E-state index contributed by atoms with van der Waals surface area (Å²) in [4.78, 5) is 29.0. The van der Waals surface area contributed by atoms with Gasteiger partial charge in [0.15, 0.2) is 0 Å². The maximum atomic E-state index is 12.9. The standard InChI is InChI=1S/C18H25N3O2/c1-6-20(11-13(2)3)12-16(22)21-15-10-8-7-9-14(15)19-17(23)18(21,4)5/h7-10H,2,6,11-12H2,1,3-5H3,(H,19,23). The van der Waals surface area contributed by atoms with E-state index in [1.807, 2.05) is 43.0 Å². The fourth-order valence-corrected chi connectivity index (χ4v) is 2.82. The average molecular weight is 315 g/mol. The van der Waals surface area contributed by atoms with Gasteiger partial charge in [-0.25, -0.2) is 0 Å². The van der Waals surface area contributed by atoms with Crippen LogP contribution in [0.4, 0.5) is 11.4 Å². The van der Waals surface area contributed by atoms with Crippen molar-refractivity contribution in [1.29, 1.82) is 0 Å². The van der Waals surface area contributed by atoms with Crippen molar-refractivity contribution in [2.24, 2.45) is 0 Å².